The van der Waals surface area contributed by atoms with Crippen molar-refractivity contribution in [1.29, 1.82) is 0 Å². The minimum atomic E-state index is -0.615. The molecule has 1 aliphatic carbocycles. The molecule has 5 N–H and O–H groups in total. The summed E-state index contributed by atoms with van der Waals surface area (Å²) in [5, 5.41) is 7.47. The predicted molar refractivity (Wildman–Crippen MR) is 126 cm³/mol. The van der Waals surface area contributed by atoms with Gasteiger partial charge < -0.3 is 16.8 Å². The van der Waals surface area contributed by atoms with E-state index in [-0.39, 0.29) is 29.8 Å². The topological polar surface area (TPSA) is 116 Å². The van der Waals surface area contributed by atoms with Crippen LogP contribution in [0.15, 0.2) is 42.5 Å². The zero-order valence-corrected chi connectivity index (χ0v) is 18.7. The van der Waals surface area contributed by atoms with Crippen molar-refractivity contribution in [2.45, 2.75) is 52.0 Å². The molecule has 7 heteroatoms. The fraction of sp³-hybridized carbons (Fsp3) is 0.320. The Morgan fingerprint density at radius 2 is 1.84 bits per heavy atom. The molecule has 1 aromatic heterocycles. The van der Waals surface area contributed by atoms with E-state index in [2.05, 4.69) is 23.4 Å². The Morgan fingerprint density at radius 3 is 2.41 bits per heavy atom. The molecule has 7 nitrogen and oxygen atoms in total. The molecule has 2 aromatic carbocycles. The van der Waals surface area contributed by atoms with E-state index in [1.165, 1.54) is 24.0 Å². The first-order valence-electron chi connectivity index (χ1n) is 10.9. The maximum absolute atomic E-state index is 12.5. The SMILES string of the molecule is Cc1cc(NC(=O)Cc2ccc(-c3nn(C(C)C)c(N)c3C(N)=O)cc2)ccc1C1CC1. The van der Waals surface area contributed by atoms with Crippen LogP contribution in [0.1, 0.15) is 65.7 Å². The standard InChI is InChI=1S/C25H29N5O2/c1-14(2)30-24(26)22(25(27)32)23(29-30)18-6-4-16(5-7-18)13-21(31)28-19-10-11-20(15(3)12-19)17-8-9-17/h4-7,10-12,14,17H,8-9,13,26H2,1-3H3,(H2,27,32)(H,28,31). The van der Waals surface area contributed by atoms with Crippen LogP contribution in [0.4, 0.5) is 11.5 Å². The Bertz CT molecular complexity index is 1170. The molecule has 0 spiro atoms. The van der Waals surface area contributed by atoms with Gasteiger partial charge in [0.1, 0.15) is 17.1 Å². The summed E-state index contributed by atoms with van der Waals surface area (Å²) < 4.78 is 1.59. The number of nitrogens with two attached hydrogens (primary N) is 2. The Balaban J connectivity index is 1.47. The summed E-state index contributed by atoms with van der Waals surface area (Å²) in [4.78, 5) is 24.5. The molecule has 1 aliphatic rings. The van der Waals surface area contributed by atoms with Crippen LogP contribution in [-0.4, -0.2) is 21.6 Å². The number of amides is 2. The summed E-state index contributed by atoms with van der Waals surface area (Å²) in [7, 11) is 0. The summed E-state index contributed by atoms with van der Waals surface area (Å²) >= 11 is 0. The minimum absolute atomic E-state index is 0.00760. The number of rotatable bonds is 7. The van der Waals surface area contributed by atoms with E-state index >= 15 is 0 Å². The van der Waals surface area contributed by atoms with E-state index < -0.39 is 5.91 Å². The molecule has 166 valence electrons. The first-order valence-corrected chi connectivity index (χ1v) is 10.9. The van der Waals surface area contributed by atoms with Gasteiger partial charge in [-0.3, -0.25) is 9.59 Å². The van der Waals surface area contributed by atoms with Gasteiger partial charge in [0.2, 0.25) is 5.91 Å². The summed E-state index contributed by atoms with van der Waals surface area (Å²) in [6.45, 7) is 5.96. The van der Waals surface area contributed by atoms with E-state index in [4.69, 9.17) is 11.5 Å². The number of benzene rings is 2. The van der Waals surface area contributed by atoms with Crippen molar-refractivity contribution in [1.82, 2.24) is 9.78 Å². The quantitative estimate of drug-likeness (QED) is 0.520. The van der Waals surface area contributed by atoms with E-state index in [0.717, 1.165) is 16.8 Å². The van der Waals surface area contributed by atoms with Gasteiger partial charge in [-0.05, 0) is 68.4 Å². The molecule has 0 radical (unpaired) electrons. The van der Waals surface area contributed by atoms with E-state index in [1.807, 2.05) is 50.2 Å². The number of carbonyl (C=O) groups is 2. The van der Waals surface area contributed by atoms with Crippen molar-refractivity contribution >= 4 is 23.3 Å². The summed E-state index contributed by atoms with van der Waals surface area (Å²) in [5.74, 6) is 0.253. The monoisotopic (exact) mass is 431 g/mol. The second kappa shape index (κ2) is 8.49. The minimum Gasteiger partial charge on any atom is -0.383 e. The van der Waals surface area contributed by atoms with Crippen molar-refractivity contribution < 1.29 is 9.59 Å². The maximum Gasteiger partial charge on any atom is 0.254 e. The van der Waals surface area contributed by atoms with Gasteiger partial charge >= 0.3 is 0 Å². The fourth-order valence-electron chi connectivity index (χ4n) is 4.06. The molecule has 1 heterocycles. The van der Waals surface area contributed by atoms with Crippen LogP contribution < -0.4 is 16.8 Å². The number of hydrogen-bond acceptors (Lipinski definition) is 4. The zero-order valence-electron chi connectivity index (χ0n) is 18.7. The van der Waals surface area contributed by atoms with Crippen molar-refractivity contribution in [3.05, 3.63) is 64.7 Å². The van der Waals surface area contributed by atoms with Crippen LogP contribution in [0.3, 0.4) is 0 Å². The third-order valence-corrected chi connectivity index (χ3v) is 5.85. The van der Waals surface area contributed by atoms with Crippen molar-refractivity contribution in [2.75, 3.05) is 11.1 Å². The van der Waals surface area contributed by atoms with Crippen LogP contribution >= 0.6 is 0 Å². The van der Waals surface area contributed by atoms with Gasteiger partial charge in [0.25, 0.3) is 5.91 Å². The van der Waals surface area contributed by atoms with Gasteiger partial charge in [-0.2, -0.15) is 5.10 Å². The number of hydrogen-bond donors (Lipinski definition) is 3. The molecular weight excluding hydrogens is 402 g/mol. The number of anilines is 2. The lowest BCUT2D eigenvalue weighted by molar-refractivity contribution is -0.115. The second-order valence-corrected chi connectivity index (χ2v) is 8.78. The van der Waals surface area contributed by atoms with E-state index in [0.29, 0.717) is 11.6 Å². The highest BCUT2D eigenvalue weighted by atomic mass is 16.2. The summed E-state index contributed by atoms with van der Waals surface area (Å²) in [6.07, 6.45) is 2.76. The average molecular weight is 432 g/mol. The molecule has 32 heavy (non-hydrogen) atoms. The number of nitrogens with one attached hydrogen (secondary N) is 1. The lowest BCUT2D eigenvalue weighted by Crippen LogP contribution is -2.15. The summed E-state index contributed by atoms with van der Waals surface area (Å²) in [6, 6.07) is 13.5. The Kier molecular flexibility index (Phi) is 5.74. The molecular formula is C25H29N5O2. The molecule has 0 aliphatic heterocycles. The van der Waals surface area contributed by atoms with Crippen LogP contribution in [0.2, 0.25) is 0 Å². The van der Waals surface area contributed by atoms with Gasteiger partial charge in [-0.1, -0.05) is 30.3 Å². The average Bonchev–Trinajstić information content (AvgIpc) is 3.50. The molecule has 1 saturated carbocycles. The third kappa shape index (κ3) is 4.37. The number of primary amides is 1. The van der Waals surface area contributed by atoms with Gasteiger partial charge in [-0.15, -0.1) is 0 Å². The van der Waals surface area contributed by atoms with Crippen molar-refractivity contribution in [2.24, 2.45) is 5.73 Å². The highest BCUT2D eigenvalue weighted by Crippen LogP contribution is 2.42. The lowest BCUT2D eigenvalue weighted by atomic mass is 10.0. The van der Waals surface area contributed by atoms with Crippen LogP contribution in [0.25, 0.3) is 11.3 Å². The molecule has 0 bridgehead atoms. The number of nitrogens with zero attached hydrogens (tertiary/aromatic N) is 2. The highest BCUT2D eigenvalue weighted by molar-refractivity contribution is 6.03. The van der Waals surface area contributed by atoms with E-state index in [9.17, 15) is 9.59 Å². The van der Waals surface area contributed by atoms with Crippen molar-refractivity contribution in [3.8, 4) is 11.3 Å². The van der Waals surface area contributed by atoms with Gasteiger partial charge in [-0.25, -0.2) is 4.68 Å². The molecule has 0 unspecified atom stereocenters. The van der Waals surface area contributed by atoms with Crippen molar-refractivity contribution in [3.63, 3.8) is 0 Å². The number of aromatic nitrogens is 2. The number of carbonyl (C=O) groups excluding carboxylic acids is 2. The maximum atomic E-state index is 12.5. The van der Waals surface area contributed by atoms with Crippen LogP contribution in [-0.2, 0) is 11.2 Å². The molecule has 0 atom stereocenters. The van der Waals surface area contributed by atoms with Gasteiger partial charge in [0, 0.05) is 17.3 Å². The first kappa shape index (κ1) is 21.6. The molecule has 4 rings (SSSR count). The summed E-state index contributed by atoms with van der Waals surface area (Å²) in [5.41, 5.74) is 17.3. The molecule has 2 amide bonds. The predicted octanol–water partition coefficient (Wildman–Crippen LogP) is 4.18. The normalized spacial score (nSPS) is 13.4. The Morgan fingerprint density at radius 1 is 1.16 bits per heavy atom. The zero-order chi connectivity index (χ0) is 23.0. The highest BCUT2D eigenvalue weighted by Gasteiger charge is 2.25. The lowest BCUT2D eigenvalue weighted by Gasteiger charge is -2.10. The van der Waals surface area contributed by atoms with Crippen LogP contribution in [0.5, 0.6) is 0 Å². The third-order valence-electron chi connectivity index (χ3n) is 5.85. The van der Waals surface area contributed by atoms with Gasteiger partial charge in [0.05, 0.1) is 6.42 Å². The molecule has 0 saturated heterocycles. The first-order chi connectivity index (χ1) is 15.2. The Labute approximate surface area is 187 Å². The van der Waals surface area contributed by atoms with Gasteiger partial charge in [0.15, 0.2) is 0 Å². The van der Waals surface area contributed by atoms with Crippen LogP contribution in [0, 0.1) is 6.92 Å². The number of nitrogen functional groups attached to an aromatic ring is 1. The smallest absolute Gasteiger partial charge is 0.254 e. The number of aryl methyl sites for hydroxylation is 1. The Hall–Kier alpha value is -3.61. The fourth-order valence-corrected chi connectivity index (χ4v) is 4.06. The molecule has 1 fully saturated rings. The molecule has 3 aromatic rings. The van der Waals surface area contributed by atoms with E-state index in [1.54, 1.807) is 4.68 Å². The largest absolute Gasteiger partial charge is 0.383 e. The second-order valence-electron chi connectivity index (χ2n) is 8.78.